The van der Waals surface area contributed by atoms with Crippen molar-refractivity contribution in [1.29, 1.82) is 0 Å². The van der Waals surface area contributed by atoms with E-state index in [-0.39, 0.29) is 64.9 Å². The van der Waals surface area contributed by atoms with Gasteiger partial charge in [-0.2, -0.15) is 0 Å². The van der Waals surface area contributed by atoms with Crippen molar-refractivity contribution in [3.8, 4) is 16.2 Å². The summed E-state index contributed by atoms with van der Waals surface area (Å²) in [5.74, 6) is -0.826. The Morgan fingerprint density at radius 1 is 0.982 bits per heavy atom. The van der Waals surface area contributed by atoms with Crippen molar-refractivity contribution in [2.45, 2.75) is 104 Å². The summed E-state index contributed by atoms with van der Waals surface area (Å²) >= 11 is 1.53. The molecule has 3 atom stereocenters. The second kappa shape index (κ2) is 24.0. The molecular formula is C40H61N5O10SZn. The molecule has 1 saturated heterocycles. The first-order valence-electron chi connectivity index (χ1n) is 19.0. The number of carbonyl (C=O) groups excluding carboxylic acids is 4. The Labute approximate surface area is 354 Å². The summed E-state index contributed by atoms with van der Waals surface area (Å²) in [6.07, 6.45) is -0.565. The first-order chi connectivity index (χ1) is 26.4. The minimum Gasteiger partial charge on any atom is -0.495 e. The average molecular weight is 869 g/mol. The molecule has 0 aliphatic carbocycles. The van der Waals surface area contributed by atoms with Crippen LogP contribution in [0.4, 0.5) is 4.79 Å². The summed E-state index contributed by atoms with van der Waals surface area (Å²) < 4.78 is 27.8. The number of nitrogens with zero attached hydrogens (tertiary/aromatic N) is 2. The first-order valence-corrected chi connectivity index (χ1v) is 19.9. The van der Waals surface area contributed by atoms with Gasteiger partial charge in [0.05, 0.1) is 55.2 Å². The molecule has 1 fully saturated rings. The fourth-order valence-corrected chi connectivity index (χ4v) is 6.54. The van der Waals surface area contributed by atoms with Gasteiger partial charge in [-0.25, -0.2) is 9.78 Å². The number of aromatic nitrogens is 1. The molecule has 4 amide bonds. The number of alkyl carbamates (subject to hydrolysis) is 1. The predicted octanol–water partition coefficient (Wildman–Crippen LogP) is 4.00. The van der Waals surface area contributed by atoms with Gasteiger partial charge in [-0.1, -0.05) is 32.9 Å². The molecule has 0 bridgehead atoms. The van der Waals surface area contributed by atoms with Crippen LogP contribution in [-0.2, 0) is 59.4 Å². The van der Waals surface area contributed by atoms with E-state index in [9.17, 15) is 24.3 Å². The third kappa shape index (κ3) is 16.9. The Bertz CT molecular complexity index is 1580. The van der Waals surface area contributed by atoms with Gasteiger partial charge in [-0.3, -0.25) is 14.4 Å². The zero-order valence-electron chi connectivity index (χ0n) is 34.6. The molecule has 57 heavy (non-hydrogen) atoms. The zero-order valence-corrected chi connectivity index (χ0v) is 38.4. The van der Waals surface area contributed by atoms with Crippen LogP contribution in [0.15, 0.2) is 23.7 Å². The van der Waals surface area contributed by atoms with E-state index in [1.54, 1.807) is 26.3 Å². The monoisotopic (exact) mass is 867 g/mol. The molecule has 3 rings (SSSR count). The van der Waals surface area contributed by atoms with Crippen LogP contribution >= 0.6 is 11.3 Å². The number of likely N-dealkylation sites (tertiary alicyclic amines) is 1. The van der Waals surface area contributed by atoms with Crippen molar-refractivity contribution < 1.29 is 67.4 Å². The van der Waals surface area contributed by atoms with Gasteiger partial charge < -0.3 is 63.5 Å². The van der Waals surface area contributed by atoms with Crippen molar-refractivity contribution in [3.05, 3.63) is 48.8 Å². The normalized spacial score (nSPS) is 16.2. The molecule has 2 heterocycles. The fraction of sp³-hybridized carbons (Fsp3) is 0.625. The number of benzene rings is 1. The number of aliphatic hydroxyl groups excluding tert-OH is 1. The summed E-state index contributed by atoms with van der Waals surface area (Å²) in [5.41, 5.74) is 3.07. The second-order valence-corrected chi connectivity index (χ2v) is 16.4. The maximum absolute atomic E-state index is 14.0. The van der Waals surface area contributed by atoms with Crippen molar-refractivity contribution >= 4 is 35.2 Å². The minimum absolute atomic E-state index is 0. The van der Waals surface area contributed by atoms with E-state index in [1.807, 2.05) is 45.9 Å². The quantitative estimate of drug-likeness (QED) is 0.0808. The van der Waals surface area contributed by atoms with E-state index in [4.69, 9.17) is 23.7 Å². The zero-order chi connectivity index (χ0) is 41.5. The number of hydrogen-bond acceptors (Lipinski definition) is 12. The summed E-state index contributed by atoms with van der Waals surface area (Å²) in [7, 11) is 0. The molecule has 1 aromatic carbocycles. The Morgan fingerprint density at radius 3 is 2.23 bits per heavy atom. The van der Waals surface area contributed by atoms with Gasteiger partial charge in [0.2, 0.25) is 17.7 Å². The number of rotatable bonds is 21. The van der Waals surface area contributed by atoms with Gasteiger partial charge in [0, 0.05) is 37.7 Å². The standard InChI is InChI=1S/C40H61N5O10S.Zn/c1-10-30(11-2)54-32-20-27(34-26(3)43-25-56-34)12-13-28(32)22-42-36(48)31-21-29(46)23-45(31)37(49)35(39(4,5)6)44-33(47)24-53-19-18-52-17-16-51-15-14-41-38(50)55-40(7,8)9;/h12-13,20,25,29-31,35,46H,1-2,10-11,14-19,21-24H2,3-9H3,(H,41,50)(H,42,48)(H,44,47);/q-2;+2/t29-,31+,35-;/m1./s1. The molecule has 0 saturated carbocycles. The van der Waals surface area contributed by atoms with E-state index in [0.717, 1.165) is 21.7 Å². The number of β-amino-alcohol motifs (C(OH)–C–C–N with tert-alkyl or cyclic N) is 1. The molecule has 4 N–H and O–H groups in total. The van der Waals surface area contributed by atoms with Crippen molar-refractivity contribution in [1.82, 2.24) is 25.8 Å². The predicted molar refractivity (Wildman–Crippen MR) is 213 cm³/mol. The Morgan fingerprint density at radius 2 is 1.63 bits per heavy atom. The summed E-state index contributed by atoms with van der Waals surface area (Å²) in [6.45, 7) is 22.0. The Hall–Kier alpha value is -3.21. The van der Waals surface area contributed by atoms with E-state index in [1.165, 1.54) is 16.2 Å². The van der Waals surface area contributed by atoms with Crippen molar-refractivity contribution in [2.75, 3.05) is 52.7 Å². The van der Waals surface area contributed by atoms with Crippen LogP contribution in [0.5, 0.6) is 5.75 Å². The number of nitrogens with one attached hydrogen (secondary N) is 3. The van der Waals surface area contributed by atoms with Crippen molar-refractivity contribution in [3.63, 3.8) is 0 Å². The molecule has 17 heteroatoms. The van der Waals surface area contributed by atoms with Crippen LogP contribution in [-0.4, -0.2) is 121 Å². The number of amides is 4. The summed E-state index contributed by atoms with van der Waals surface area (Å²) in [6, 6.07) is 3.83. The molecule has 314 valence electrons. The maximum Gasteiger partial charge on any atom is 2.00 e. The summed E-state index contributed by atoms with van der Waals surface area (Å²) in [4.78, 5) is 58.9. The molecule has 15 nitrogen and oxygen atoms in total. The number of thiazole rings is 1. The topological polar surface area (TPSA) is 187 Å². The number of ether oxygens (including phenoxy) is 5. The molecule has 0 radical (unpaired) electrons. The molecule has 0 spiro atoms. The van der Waals surface area contributed by atoms with Gasteiger partial charge in [-0.15, -0.1) is 24.2 Å². The van der Waals surface area contributed by atoms with Crippen molar-refractivity contribution in [2.24, 2.45) is 5.41 Å². The Balaban J connectivity index is 0.0000112. The number of aliphatic hydroxyl groups is 1. The van der Waals surface area contributed by atoms with Crippen LogP contribution < -0.4 is 20.7 Å². The largest absolute Gasteiger partial charge is 2.00 e. The maximum atomic E-state index is 14.0. The Kier molecular flexibility index (Phi) is 21.0. The smallest absolute Gasteiger partial charge is 0.495 e. The minimum atomic E-state index is -0.998. The number of aryl methyl sites for hydroxylation is 1. The molecule has 0 unspecified atom stereocenters. The average Bonchev–Trinajstić information content (AvgIpc) is 3.74. The van der Waals surface area contributed by atoms with Crippen LogP contribution in [0.25, 0.3) is 10.4 Å². The van der Waals surface area contributed by atoms with Gasteiger partial charge in [-0.05, 0) is 44.7 Å². The third-order valence-electron chi connectivity index (χ3n) is 8.64. The molecule has 1 aliphatic rings. The number of carbonyl (C=O) groups is 4. The second-order valence-electron chi connectivity index (χ2n) is 15.6. The SMILES string of the molecule is [CH2-]CC(C[CH2-])Oc1cc(-c2scnc2C)ccc1CNC(=O)[C@@H]1C[C@@H](O)CN1C(=O)[C@@H](NC(=O)COCCOCCOCCNC(=O)OC(C)(C)C)C(C)(C)C.[Zn+2]. The van der Waals surface area contributed by atoms with Crippen LogP contribution in [0, 0.1) is 26.2 Å². The van der Waals surface area contributed by atoms with E-state index < -0.39 is 53.0 Å². The fourth-order valence-electron chi connectivity index (χ4n) is 5.74. The van der Waals surface area contributed by atoms with E-state index >= 15 is 0 Å². The van der Waals surface area contributed by atoms with Gasteiger partial charge in [0.1, 0.15) is 30.0 Å². The molecule has 1 aromatic heterocycles. The number of hydrogen-bond donors (Lipinski definition) is 4. The van der Waals surface area contributed by atoms with Gasteiger partial charge in [0.15, 0.2) is 0 Å². The van der Waals surface area contributed by atoms with Crippen LogP contribution in [0.1, 0.15) is 72.1 Å². The van der Waals surface area contributed by atoms with Crippen LogP contribution in [0.2, 0.25) is 0 Å². The molecule has 1 aliphatic heterocycles. The van der Waals surface area contributed by atoms with Gasteiger partial charge in [0.25, 0.3) is 0 Å². The van der Waals surface area contributed by atoms with E-state index in [2.05, 4.69) is 34.8 Å². The summed E-state index contributed by atoms with van der Waals surface area (Å²) in [5, 5.41) is 18.9. The van der Waals surface area contributed by atoms with E-state index in [0.29, 0.717) is 45.0 Å². The molecule has 2 aromatic rings. The van der Waals surface area contributed by atoms with Gasteiger partial charge >= 0.3 is 25.6 Å². The first kappa shape index (κ1) is 49.9. The third-order valence-corrected chi connectivity index (χ3v) is 9.62. The van der Waals surface area contributed by atoms with Crippen LogP contribution in [0.3, 0.4) is 0 Å². The molecular weight excluding hydrogens is 808 g/mol.